The van der Waals surface area contributed by atoms with Crippen LogP contribution in [-0.2, 0) is 4.79 Å². The van der Waals surface area contributed by atoms with Crippen LogP contribution in [0, 0.1) is 22.7 Å². The van der Waals surface area contributed by atoms with Gasteiger partial charge in [-0.25, -0.2) is 0 Å². The SMILES string of the molecule is C[C@]12CCSSC3(CCCCC3)[C@]3(CCCC4=C5C[C@H]1CC[C@@H](CCCCO)[C@@]52CC4=O)CCN=C(N)N3. The van der Waals surface area contributed by atoms with Crippen molar-refractivity contribution in [3.8, 4) is 0 Å². The third kappa shape index (κ3) is 4.14. The lowest BCUT2D eigenvalue weighted by Crippen LogP contribution is -2.66. The fraction of sp³-hybridized carbons (Fsp3) is 0.871. The van der Waals surface area contributed by atoms with E-state index >= 15 is 0 Å². The summed E-state index contributed by atoms with van der Waals surface area (Å²) in [6.07, 6.45) is 19.5. The van der Waals surface area contributed by atoms with Crippen molar-refractivity contribution in [3.05, 3.63) is 11.1 Å². The molecule has 0 aromatic rings. The van der Waals surface area contributed by atoms with Crippen LogP contribution < -0.4 is 11.1 Å². The fourth-order valence-corrected chi connectivity index (χ4v) is 14.2. The highest BCUT2D eigenvalue weighted by Gasteiger charge is 2.68. The topological polar surface area (TPSA) is 87.7 Å². The molecule has 3 spiro atoms. The summed E-state index contributed by atoms with van der Waals surface area (Å²) in [7, 11) is 4.33. The second-order valence-corrected chi connectivity index (χ2v) is 16.4. The highest BCUT2D eigenvalue weighted by molar-refractivity contribution is 8.77. The van der Waals surface area contributed by atoms with Gasteiger partial charge in [0, 0.05) is 35.5 Å². The molecule has 0 saturated heterocycles. The molecule has 2 heterocycles. The van der Waals surface area contributed by atoms with Crippen LogP contribution in [-0.4, -0.2) is 46.0 Å². The number of hydrogen-bond donors (Lipinski definition) is 3. The van der Waals surface area contributed by atoms with Crippen molar-refractivity contribution >= 4 is 33.3 Å². The normalized spacial score (nSPS) is 40.9. The number of aliphatic hydroxyl groups is 1. The van der Waals surface area contributed by atoms with Gasteiger partial charge in [-0.3, -0.25) is 9.79 Å². The Morgan fingerprint density at radius 2 is 1.92 bits per heavy atom. The molecule has 6 aliphatic rings. The van der Waals surface area contributed by atoms with Crippen LogP contribution in [0.2, 0.25) is 0 Å². The summed E-state index contributed by atoms with van der Waals surface area (Å²) in [5, 5.41) is 13.3. The molecule has 2 aliphatic heterocycles. The first-order chi connectivity index (χ1) is 18.4. The summed E-state index contributed by atoms with van der Waals surface area (Å²) < 4.78 is 0.187. The molecule has 212 valence electrons. The Bertz CT molecular complexity index is 992. The second kappa shape index (κ2) is 10.6. The van der Waals surface area contributed by atoms with Crippen LogP contribution in [0.25, 0.3) is 0 Å². The van der Waals surface area contributed by atoms with E-state index in [1.165, 1.54) is 75.5 Å². The zero-order valence-electron chi connectivity index (χ0n) is 23.5. The summed E-state index contributed by atoms with van der Waals surface area (Å²) >= 11 is 0. The van der Waals surface area contributed by atoms with E-state index in [9.17, 15) is 9.90 Å². The van der Waals surface area contributed by atoms with Gasteiger partial charge >= 0.3 is 0 Å². The number of ketones is 1. The molecule has 4 N–H and O–H groups in total. The average Bonchev–Trinajstić information content (AvgIpc) is 3.23. The van der Waals surface area contributed by atoms with Gasteiger partial charge in [-0.15, -0.1) is 0 Å². The number of aliphatic imine (C=N–C) groups is 1. The molecule has 4 aliphatic carbocycles. The number of guanidine groups is 1. The predicted octanol–water partition coefficient (Wildman–Crippen LogP) is 6.55. The van der Waals surface area contributed by atoms with E-state index in [-0.39, 0.29) is 27.7 Å². The lowest BCUT2D eigenvalue weighted by Gasteiger charge is -2.55. The lowest BCUT2D eigenvalue weighted by atomic mass is 9.50. The number of carbonyl (C=O) groups excluding carboxylic acids is 1. The molecule has 0 aromatic heterocycles. The standard InChI is InChI=1S/C31H49N3O2S2/c1-28-16-19-37-38-30(13-4-2-5-14-30)29(15-17-33-27(32)34-29)12-7-9-24-25-20-23(28)11-10-22(8-3-6-18-35)31(25,28)21-26(24)36/h22-23,35H,2-21H2,1H3,(H3,32,33,34)/t22-,23-,28+,29+,31+/m1/s1. The maximum Gasteiger partial charge on any atom is 0.189 e. The number of nitrogens with zero attached hydrogens (tertiary/aromatic N) is 1. The number of Topliss-reactive ketones (excluding diaryl/α,β-unsaturated/α-hetero) is 1. The lowest BCUT2D eigenvalue weighted by molar-refractivity contribution is -0.121. The number of unbranched alkanes of at least 4 members (excludes halogenated alkanes) is 1. The second-order valence-electron chi connectivity index (χ2n) is 13.6. The highest BCUT2D eigenvalue weighted by Crippen LogP contribution is 2.74. The Labute approximate surface area is 237 Å². The quantitative estimate of drug-likeness (QED) is 0.268. The zero-order chi connectivity index (χ0) is 26.4. The molecule has 5 nitrogen and oxygen atoms in total. The highest BCUT2D eigenvalue weighted by atomic mass is 33.1. The summed E-state index contributed by atoms with van der Waals surface area (Å²) in [5.41, 5.74) is 9.49. The molecule has 38 heavy (non-hydrogen) atoms. The van der Waals surface area contributed by atoms with Gasteiger partial charge in [-0.05, 0) is 99.9 Å². The zero-order valence-corrected chi connectivity index (χ0v) is 25.1. The number of aliphatic hydroxyl groups excluding tert-OH is 1. The van der Waals surface area contributed by atoms with Gasteiger partial charge in [0.1, 0.15) is 0 Å². The Hall–Kier alpha value is -0.660. The molecule has 3 saturated carbocycles. The number of hydrogen-bond acceptors (Lipinski definition) is 7. The van der Waals surface area contributed by atoms with E-state index in [1.54, 1.807) is 5.57 Å². The van der Waals surface area contributed by atoms with E-state index in [4.69, 9.17) is 5.73 Å². The first-order valence-electron chi connectivity index (χ1n) is 15.7. The van der Waals surface area contributed by atoms with Crippen molar-refractivity contribution in [2.45, 2.75) is 126 Å². The minimum atomic E-state index is -0.0266. The predicted molar refractivity (Wildman–Crippen MR) is 160 cm³/mol. The molecular formula is C31H49N3O2S2. The molecule has 5 bridgehead atoms. The van der Waals surface area contributed by atoms with Gasteiger partial charge in [0.15, 0.2) is 11.7 Å². The van der Waals surface area contributed by atoms with Crippen LogP contribution in [0.4, 0.5) is 0 Å². The molecule has 0 aromatic carbocycles. The molecule has 3 fully saturated rings. The van der Waals surface area contributed by atoms with Crippen molar-refractivity contribution in [1.29, 1.82) is 0 Å². The van der Waals surface area contributed by atoms with Crippen LogP contribution in [0.3, 0.4) is 0 Å². The molecule has 5 atom stereocenters. The van der Waals surface area contributed by atoms with Crippen LogP contribution in [0.15, 0.2) is 16.1 Å². The third-order valence-electron chi connectivity index (χ3n) is 12.2. The third-order valence-corrected chi connectivity index (χ3v) is 15.7. The van der Waals surface area contributed by atoms with Gasteiger partial charge in [-0.1, -0.05) is 59.8 Å². The molecule has 0 unspecified atom stereocenters. The van der Waals surface area contributed by atoms with Gasteiger partial charge in [0.05, 0.1) is 5.54 Å². The number of nitrogens with two attached hydrogens (primary N) is 1. The van der Waals surface area contributed by atoms with E-state index in [2.05, 4.69) is 38.8 Å². The van der Waals surface area contributed by atoms with Crippen molar-refractivity contribution in [2.24, 2.45) is 33.4 Å². The van der Waals surface area contributed by atoms with E-state index in [0.29, 0.717) is 17.7 Å². The van der Waals surface area contributed by atoms with Crippen molar-refractivity contribution in [3.63, 3.8) is 0 Å². The monoisotopic (exact) mass is 559 g/mol. The first kappa shape index (κ1) is 27.5. The summed E-state index contributed by atoms with van der Waals surface area (Å²) in [5.74, 6) is 3.59. The number of nitrogens with one attached hydrogen (secondary N) is 1. The van der Waals surface area contributed by atoms with Gasteiger partial charge in [0.25, 0.3) is 0 Å². The first-order valence-corrected chi connectivity index (χ1v) is 18.0. The molecule has 0 amide bonds. The van der Waals surface area contributed by atoms with Crippen molar-refractivity contribution in [2.75, 3.05) is 18.9 Å². The number of allylic oxidation sites excluding steroid dienone is 2. The van der Waals surface area contributed by atoms with Crippen molar-refractivity contribution < 1.29 is 9.90 Å². The summed E-state index contributed by atoms with van der Waals surface area (Å²) in [4.78, 5) is 18.4. The number of rotatable bonds is 4. The van der Waals surface area contributed by atoms with Gasteiger partial charge in [-0.2, -0.15) is 0 Å². The number of carbonyl (C=O) groups is 1. The molecule has 7 heteroatoms. The smallest absolute Gasteiger partial charge is 0.189 e. The van der Waals surface area contributed by atoms with Crippen molar-refractivity contribution in [1.82, 2.24) is 5.32 Å². The van der Waals surface area contributed by atoms with Crippen LogP contribution in [0.5, 0.6) is 0 Å². The van der Waals surface area contributed by atoms with E-state index < -0.39 is 0 Å². The van der Waals surface area contributed by atoms with Gasteiger partial charge in [0.2, 0.25) is 0 Å². The van der Waals surface area contributed by atoms with Crippen LogP contribution in [0.1, 0.15) is 116 Å². The largest absolute Gasteiger partial charge is 0.396 e. The van der Waals surface area contributed by atoms with Crippen LogP contribution >= 0.6 is 21.6 Å². The molecule has 6 rings (SSSR count). The minimum absolute atomic E-state index is 0.0266. The Morgan fingerprint density at radius 1 is 1.08 bits per heavy atom. The summed E-state index contributed by atoms with van der Waals surface area (Å²) in [6, 6.07) is 0. The minimum Gasteiger partial charge on any atom is -0.396 e. The van der Waals surface area contributed by atoms with E-state index in [0.717, 1.165) is 57.4 Å². The Balaban J connectivity index is 1.37. The maximum absolute atomic E-state index is 13.9. The Kier molecular flexibility index (Phi) is 7.70. The average molecular weight is 560 g/mol. The molecular weight excluding hydrogens is 510 g/mol. The fourth-order valence-electron chi connectivity index (χ4n) is 10.3. The van der Waals surface area contributed by atoms with Gasteiger partial charge < -0.3 is 16.2 Å². The summed E-state index contributed by atoms with van der Waals surface area (Å²) in [6.45, 7) is 3.69. The number of fused-ring (bicyclic) bond motifs is 1. The maximum atomic E-state index is 13.9. The Morgan fingerprint density at radius 3 is 2.71 bits per heavy atom. The van der Waals surface area contributed by atoms with E-state index in [1.807, 2.05) is 0 Å². The molecule has 0 radical (unpaired) electrons.